The molecule has 2 heterocycles. The van der Waals surface area contributed by atoms with Crippen LogP contribution in [-0.4, -0.2) is 22.1 Å². The molecule has 0 radical (unpaired) electrons. The Labute approximate surface area is 166 Å². The second kappa shape index (κ2) is 7.94. The summed E-state index contributed by atoms with van der Waals surface area (Å²) in [7, 11) is 0. The highest BCUT2D eigenvalue weighted by atomic mass is 32.1. The molecule has 0 aliphatic rings. The lowest BCUT2D eigenvalue weighted by atomic mass is 10.0. The van der Waals surface area contributed by atoms with Crippen molar-refractivity contribution in [3.63, 3.8) is 0 Å². The lowest BCUT2D eigenvalue weighted by Crippen LogP contribution is -2.25. The fourth-order valence-corrected chi connectivity index (χ4v) is 4.07. The molecule has 2 aromatic carbocycles. The maximum absolute atomic E-state index is 13.0. The highest BCUT2D eigenvalue weighted by Gasteiger charge is 2.15. The monoisotopic (exact) mass is 392 g/mol. The van der Waals surface area contributed by atoms with Gasteiger partial charge in [-0.25, -0.2) is 4.98 Å². The summed E-state index contributed by atoms with van der Waals surface area (Å²) in [4.78, 5) is 30.1. The van der Waals surface area contributed by atoms with Crippen molar-refractivity contribution in [1.82, 2.24) is 9.55 Å². The number of aromatic nitrogens is 2. The van der Waals surface area contributed by atoms with Crippen LogP contribution in [0.3, 0.4) is 0 Å². The van der Waals surface area contributed by atoms with Gasteiger partial charge in [0.15, 0.2) is 0 Å². The molecule has 0 atom stereocenters. The molecule has 5 nitrogen and oxygen atoms in total. The Morgan fingerprint density at radius 2 is 2.00 bits per heavy atom. The first kappa shape index (κ1) is 18.4. The van der Waals surface area contributed by atoms with E-state index in [-0.39, 0.29) is 12.1 Å². The maximum atomic E-state index is 13.0. The predicted octanol–water partition coefficient (Wildman–Crippen LogP) is 4.62. The number of fused-ring (bicyclic) bond motifs is 2. The second-order valence-corrected chi connectivity index (χ2v) is 7.50. The zero-order valence-electron chi connectivity index (χ0n) is 15.6. The van der Waals surface area contributed by atoms with Crippen molar-refractivity contribution < 1.29 is 9.53 Å². The Hall–Kier alpha value is -2.99. The van der Waals surface area contributed by atoms with Gasteiger partial charge in [0.1, 0.15) is 11.4 Å². The van der Waals surface area contributed by atoms with Gasteiger partial charge in [0.25, 0.3) is 5.56 Å². The van der Waals surface area contributed by atoms with Gasteiger partial charge in [-0.3, -0.25) is 14.2 Å². The van der Waals surface area contributed by atoms with E-state index in [4.69, 9.17) is 4.74 Å². The molecule has 0 spiro atoms. The Bertz CT molecular complexity index is 1210. The summed E-state index contributed by atoms with van der Waals surface area (Å²) in [5.74, 6) is -0.417. The Morgan fingerprint density at radius 1 is 1.18 bits per heavy atom. The summed E-state index contributed by atoms with van der Waals surface area (Å²) in [6.45, 7) is 2.28. The first-order valence-electron chi connectivity index (χ1n) is 9.29. The van der Waals surface area contributed by atoms with E-state index in [1.54, 1.807) is 0 Å². The molecular formula is C22H20N2O3S. The third-order valence-electron chi connectivity index (χ3n) is 4.68. The van der Waals surface area contributed by atoms with Crippen LogP contribution < -0.4 is 5.56 Å². The molecule has 4 aromatic rings. The quantitative estimate of drug-likeness (QED) is 0.355. The summed E-state index contributed by atoms with van der Waals surface area (Å²) in [6.07, 6.45) is 3.19. The number of benzene rings is 2. The van der Waals surface area contributed by atoms with E-state index < -0.39 is 5.97 Å². The van der Waals surface area contributed by atoms with Gasteiger partial charge in [0.05, 0.1) is 18.3 Å². The van der Waals surface area contributed by atoms with E-state index in [2.05, 4.69) is 23.2 Å². The van der Waals surface area contributed by atoms with Gasteiger partial charge in [0.2, 0.25) is 0 Å². The highest BCUT2D eigenvalue weighted by Crippen LogP contribution is 2.32. The molecule has 0 saturated heterocycles. The largest absolute Gasteiger partial charge is 0.464 e. The summed E-state index contributed by atoms with van der Waals surface area (Å²) in [5, 5.41) is 4.76. The van der Waals surface area contributed by atoms with Crippen molar-refractivity contribution >= 4 is 38.3 Å². The van der Waals surface area contributed by atoms with Crippen LogP contribution in [-0.2, 0) is 16.1 Å². The van der Waals surface area contributed by atoms with Crippen LogP contribution in [0.4, 0.5) is 0 Å². The summed E-state index contributed by atoms with van der Waals surface area (Å²) < 4.78 is 6.50. The number of nitrogens with zero attached hydrogens (tertiary/aromatic N) is 2. The number of thiophene rings is 1. The van der Waals surface area contributed by atoms with Crippen LogP contribution >= 0.6 is 11.3 Å². The number of carbonyl (C=O) groups excluding carboxylic acids is 1. The molecule has 0 aliphatic heterocycles. The van der Waals surface area contributed by atoms with Crippen LogP contribution in [0.5, 0.6) is 0 Å². The zero-order valence-corrected chi connectivity index (χ0v) is 16.4. The van der Waals surface area contributed by atoms with E-state index in [1.165, 1.54) is 22.2 Å². The molecule has 4 rings (SSSR count). The number of ether oxygens (including phenoxy) is 1. The van der Waals surface area contributed by atoms with Crippen LogP contribution in [0.25, 0.3) is 32.1 Å². The Kier molecular flexibility index (Phi) is 5.21. The molecule has 0 amide bonds. The van der Waals surface area contributed by atoms with Gasteiger partial charge in [-0.05, 0) is 28.8 Å². The SMILES string of the molecule is CCCCOC(=O)Cn1cnc2scc(-c3ccc4ccccc4c3)c2c1=O. The Balaban J connectivity index is 1.72. The number of carbonyl (C=O) groups is 1. The Morgan fingerprint density at radius 3 is 2.82 bits per heavy atom. The van der Waals surface area contributed by atoms with Crippen molar-refractivity contribution in [3.05, 3.63) is 64.5 Å². The van der Waals surface area contributed by atoms with E-state index >= 15 is 0 Å². The third-order valence-corrected chi connectivity index (χ3v) is 5.57. The molecule has 0 N–H and O–H groups in total. The maximum Gasteiger partial charge on any atom is 0.326 e. The molecule has 0 saturated carbocycles. The van der Waals surface area contributed by atoms with Gasteiger partial charge in [-0.2, -0.15) is 0 Å². The van der Waals surface area contributed by atoms with Crippen LogP contribution in [0.2, 0.25) is 0 Å². The molecule has 0 bridgehead atoms. The second-order valence-electron chi connectivity index (χ2n) is 6.64. The first-order chi connectivity index (χ1) is 13.7. The van der Waals surface area contributed by atoms with Gasteiger partial charge < -0.3 is 4.74 Å². The lowest BCUT2D eigenvalue weighted by Gasteiger charge is -2.07. The van der Waals surface area contributed by atoms with Gasteiger partial charge in [0, 0.05) is 10.9 Å². The summed E-state index contributed by atoms with van der Waals surface area (Å²) in [6, 6.07) is 14.3. The predicted molar refractivity (Wildman–Crippen MR) is 113 cm³/mol. The molecular weight excluding hydrogens is 372 g/mol. The molecule has 142 valence electrons. The van der Waals surface area contributed by atoms with Gasteiger partial charge in [-0.15, -0.1) is 11.3 Å². The average molecular weight is 392 g/mol. The molecule has 0 unspecified atom stereocenters. The smallest absolute Gasteiger partial charge is 0.326 e. The summed E-state index contributed by atoms with van der Waals surface area (Å²) in [5.41, 5.74) is 1.59. The minimum absolute atomic E-state index is 0.126. The molecule has 28 heavy (non-hydrogen) atoms. The van der Waals surface area contributed by atoms with Crippen molar-refractivity contribution in [2.75, 3.05) is 6.61 Å². The normalized spacial score (nSPS) is 11.2. The average Bonchev–Trinajstić information content (AvgIpc) is 3.15. The molecule has 2 aromatic heterocycles. The van der Waals surface area contributed by atoms with Crippen LogP contribution in [0.15, 0.2) is 59.0 Å². The molecule has 6 heteroatoms. The third kappa shape index (κ3) is 3.55. The van der Waals surface area contributed by atoms with Crippen molar-refractivity contribution in [2.24, 2.45) is 0 Å². The van der Waals surface area contributed by atoms with E-state index in [9.17, 15) is 9.59 Å². The fourth-order valence-electron chi connectivity index (χ4n) is 3.16. The van der Waals surface area contributed by atoms with E-state index in [0.717, 1.165) is 34.7 Å². The number of esters is 1. The number of hydrogen-bond acceptors (Lipinski definition) is 5. The van der Waals surface area contributed by atoms with Crippen LogP contribution in [0.1, 0.15) is 19.8 Å². The summed E-state index contributed by atoms with van der Waals surface area (Å²) >= 11 is 1.43. The van der Waals surface area contributed by atoms with Crippen molar-refractivity contribution in [1.29, 1.82) is 0 Å². The zero-order chi connectivity index (χ0) is 19.5. The lowest BCUT2D eigenvalue weighted by molar-refractivity contribution is -0.144. The van der Waals surface area contributed by atoms with Crippen LogP contribution in [0, 0.1) is 0 Å². The van der Waals surface area contributed by atoms with Gasteiger partial charge in [-0.1, -0.05) is 49.7 Å². The van der Waals surface area contributed by atoms with Crippen molar-refractivity contribution in [3.8, 4) is 11.1 Å². The van der Waals surface area contributed by atoms with Crippen molar-refractivity contribution in [2.45, 2.75) is 26.3 Å². The molecule has 0 fully saturated rings. The fraction of sp³-hybridized carbons (Fsp3) is 0.227. The van der Waals surface area contributed by atoms with Gasteiger partial charge >= 0.3 is 5.97 Å². The standard InChI is InChI=1S/C22H20N2O3S/c1-2-3-10-27-19(25)12-24-14-23-21-20(22(24)26)18(13-28-21)17-9-8-15-6-4-5-7-16(15)11-17/h4-9,11,13-14H,2-3,10,12H2,1H3. The minimum atomic E-state index is -0.417. The first-order valence-corrected chi connectivity index (χ1v) is 10.2. The van der Waals surface area contributed by atoms with E-state index in [0.29, 0.717) is 16.8 Å². The highest BCUT2D eigenvalue weighted by molar-refractivity contribution is 7.17. The topological polar surface area (TPSA) is 61.2 Å². The number of unbranched alkanes of at least 4 members (excludes halogenated alkanes) is 1. The number of rotatable bonds is 6. The minimum Gasteiger partial charge on any atom is -0.464 e. The molecule has 0 aliphatic carbocycles. The number of hydrogen-bond donors (Lipinski definition) is 0. The van der Waals surface area contributed by atoms with E-state index in [1.807, 2.05) is 36.6 Å².